The molecule has 2 heterocycles. The summed E-state index contributed by atoms with van der Waals surface area (Å²) in [7, 11) is 0. The number of carbonyl (C=O) groups is 1. The van der Waals surface area contributed by atoms with Crippen LogP contribution in [0.5, 0.6) is 5.75 Å². The number of hydrogen-bond donors (Lipinski definition) is 1. The minimum absolute atomic E-state index is 0.0561. The Morgan fingerprint density at radius 3 is 2.74 bits per heavy atom. The van der Waals surface area contributed by atoms with Crippen LogP contribution in [0.4, 0.5) is 0 Å². The van der Waals surface area contributed by atoms with Crippen molar-refractivity contribution in [3.05, 3.63) is 70.1 Å². The van der Waals surface area contributed by atoms with Gasteiger partial charge in [0, 0.05) is 18.0 Å². The molecule has 1 amide bonds. The summed E-state index contributed by atoms with van der Waals surface area (Å²) in [5.74, 6) is 1.06. The van der Waals surface area contributed by atoms with Crippen LogP contribution >= 0.6 is 11.3 Å². The Labute approximate surface area is 161 Å². The summed E-state index contributed by atoms with van der Waals surface area (Å²) in [6.07, 6.45) is 3.60. The lowest BCUT2D eigenvalue weighted by Gasteiger charge is -2.21. The molecule has 6 nitrogen and oxygen atoms in total. The Bertz CT molecular complexity index is 885. The number of amides is 1. The van der Waals surface area contributed by atoms with Crippen LogP contribution < -0.4 is 4.74 Å². The number of aliphatic hydroxyl groups is 1. The van der Waals surface area contributed by atoms with Gasteiger partial charge in [-0.25, -0.2) is 4.98 Å². The molecule has 0 spiro atoms. The highest BCUT2D eigenvalue weighted by Crippen LogP contribution is 2.30. The number of aromatic nitrogens is 1. The van der Waals surface area contributed by atoms with Crippen LogP contribution in [0.3, 0.4) is 0 Å². The Kier molecular flexibility index (Phi) is 5.22. The number of aliphatic hydroxyl groups excluding tert-OH is 1. The fourth-order valence-corrected chi connectivity index (χ4v) is 3.51. The van der Waals surface area contributed by atoms with Crippen LogP contribution in [-0.2, 0) is 19.8 Å². The van der Waals surface area contributed by atoms with Gasteiger partial charge in [-0.15, -0.1) is 11.3 Å². The van der Waals surface area contributed by atoms with Gasteiger partial charge < -0.3 is 19.2 Å². The second-order valence-corrected chi connectivity index (χ2v) is 7.41. The summed E-state index contributed by atoms with van der Waals surface area (Å²) in [6.45, 7) is 0.866. The first-order valence-corrected chi connectivity index (χ1v) is 9.71. The SMILES string of the molecule is O=C(c1ccco1)N(Cc1ccc(OCc2nc(CO)cs2)cc1)C1CC1. The number of benzene rings is 1. The molecule has 0 radical (unpaired) electrons. The van der Waals surface area contributed by atoms with Crippen LogP contribution in [0.2, 0.25) is 0 Å². The van der Waals surface area contributed by atoms with E-state index in [0.29, 0.717) is 30.6 Å². The molecule has 1 aliphatic rings. The third kappa shape index (κ3) is 4.37. The molecular formula is C20H20N2O4S. The fourth-order valence-electron chi connectivity index (χ4n) is 2.82. The standard InChI is InChI=1S/C20H20N2O4S/c23-11-15-13-27-19(21-15)12-26-17-7-3-14(4-8-17)10-22(16-5-6-16)20(24)18-2-1-9-25-18/h1-4,7-9,13,16,23H,5-6,10-12H2. The van der Waals surface area contributed by atoms with Crippen molar-refractivity contribution in [2.75, 3.05) is 0 Å². The van der Waals surface area contributed by atoms with Gasteiger partial charge in [0.15, 0.2) is 5.76 Å². The maximum atomic E-state index is 12.6. The van der Waals surface area contributed by atoms with Crippen LogP contribution in [0.1, 0.15) is 39.7 Å². The lowest BCUT2D eigenvalue weighted by molar-refractivity contribution is 0.0697. The van der Waals surface area contributed by atoms with Gasteiger partial charge in [-0.2, -0.15) is 0 Å². The van der Waals surface area contributed by atoms with Gasteiger partial charge in [0.25, 0.3) is 5.91 Å². The van der Waals surface area contributed by atoms with Gasteiger partial charge >= 0.3 is 0 Å². The number of thiazole rings is 1. The molecule has 0 unspecified atom stereocenters. The van der Waals surface area contributed by atoms with Gasteiger partial charge in [0.2, 0.25) is 0 Å². The molecule has 0 aliphatic heterocycles. The van der Waals surface area contributed by atoms with Crippen LogP contribution in [0.15, 0.2) is 52.5 Å². The van der Waals surface area contributed by atoms with Crippen molar-refractivity contribution in [3.8, 4) is 5.75 Å². The molecule has 1 aliphatic carbocycles. The highest BCUT2D eigenvalue weighted by Gasteiger charge is 2.34. The van der Waals surface area contributed by atoms with Gasteiger partial charge in [0.05, 0.1) is 18.6 Å². The smallest absolute Gasteiger partial charge is 0.290 e. The molecular weight excluding hydrogens is 364 g/mol. The summed E-state index contributed by atoms with van der Waals surface area (Å²) in [5, 5.41) is 11.7. The molecule has 1 fully saturated rings. The molecule has 0 atom stereocenters. The van der Waals surface area contributed by atoms with Crippen molar-refractivity contribution in [1.82, 2.24) is 9.88 Å². The molecule has 2 aromatic heterocycles. The maximum Gasteiger partial charge on any atom is 0.290 e. The lowest BCUT2D eigenvalue weighted by atomic mass is 10.2. The first-order valence-electron chi connectivity index (χ1n) is 8.83. The first kappa shape index (κ1) is 17.8. The van der Waals surface area contributed by atoms with Gasteiger partial charge in [0.1, 0.15) is 17.4 Å². The van der Waals surface area contributed by atoms with Crippen LogP contribution in [0.25, 0.3) is 0 Å². The molecule has 1 aromatic carbocycles. The lowest BCUT2D eigenvalue weighted by Crippen LogP contribution is -2.32. The van der Waals surface area contributed by atoms with Crippen LogP contribution in [0, 0.1) is 0 Å². The second kappa shape index (κ2) is 7.94. The average molecular weight is 384 g/mol. The number of hydrogen-bond acceptors (Lipinski definition) is 6. The highest BCUT2D eigenvalue weighted by molar-refractivity contribution is 7.09. The van der Waals surface area contributed by atoms with E-state index in [9.17, 15) is 4.79 Å². The predicted molar refractivity (Wildman–Crippen MR) is 100 cm³/mol. The quantitative estimate of drug-likeness (QED) is 0.642. The average Bonchev–Trinajstić information content (AvgIpc) is 3.20. The predicted octanol–water partition coefficient (Wildman–Crippen LogP) is 3.61. The minimum Gasteiger partial charge on any atom is -0.486 e. The molecule has 0 saturated heterocycles. The number of rotatable bonds is 8. The van der Waals surface area contributed by atoms with E-state index in [1.807, 2.05) is 34.5 Å². The summed E-state index contributed by atoms with van der Waals surface area (Å²) in [6, 6.07) is 11.5. The number of furan rings is 1. The van der Waals surface area contributed by atoms with Gasteiger partial charge in [-0.1, -0.05) is 12.1 Å². The Morgan fingerprint density at radius 2 is 2.11 bits per heavy atom. The van der Waals surface area contributed by atoms with Crippen molar-refractivity contribution in [2.24, 2.45) is 0 Å². The first-order chi connectivity index (χ1) is 13.2. The van der Waals surface area contributed by atoms with Crippen molar-refractivity contribution >= 4 is 17.2 Å². The topological polar surface area (TPSA) is 75.8 Å². The zero-order valence-corrected chi connectivity index (χ0v) is 15.5. The van der Waals surface area contributed by atoms with Crippen molar-refractivity contribution in [2.45, 2.75) is 38.6 Å². The highest BCUT2D eigenvalue weighted by atomic mass is 32.1. The maximum absolute atomic E-state index is 12.6. The zero-order chi connectivity index (χ0) is 18.6. The second-order valence-electron chi connectivity index (χ2n) is 6.46. The van der Waals surface area contributed by atoms with Gasteiger partial charge in [-0.05, 0) is 42.7 Å². The van der Waals surface area contributed by atoms with Crippen molar-refractivity contribution in [3.63, 3.8) is 0 Å². The number of ether oxygens (including phenoxy) is 1. The third-order valence-electron chi connectivity index (χ3n) is 4.38. The largest absolute Gasteiger partial charge is 0.486 e. The van der Waals surface area contributed by atoms with E-state index in [1.54, 1.807) is 12.1 Å². The Morgan fingerprint density at radius 1 is 1.30 bits per heavy atom. The van der Waals surface area contributed by atoms with E-state index in [2.05, 4.69) is 4.98 Å². The van der Waals surface area contributed by atoms with Crippen LogP contribution in [-0.4, -0.2) is 26.9 Å². The van der Waals surface area contributed by atoms with E-state index in [-0.39, 0.29) is 12.5 Å². The van der Waals surface area contributed by atoms with Crippen molar-refractivity contribution in [1.29, 1.82) is 0 Å². The fraction of sp³-hybridized carbons (Fsp3) is 0.300. The van der Waals surface area contributed by atoms with Gasteiger partial charge in [-0.3, -0.25) is 4.79 Å². The van der Waals surface area contributed by atoms with Crippen molar-refractivity contribution < 1.29 is 19.1 Å². The summed E-state index contributed by atoms with van der Waals surface area (Å²) in [4.78, 5) is 18.8. The van der Waals surface area contributed by atoms with E-state index >= 15 is 0 Å². The van der Waals surface area contributed by atoms with E-state index < -0.39 is 0 Å². The Balaban J connectivity index is 1.37. The molecule has 1 saturated carbocycles. The molecule has 1 N–H and O–H groups in total. The molecule has 27 heavy (non-hydrogen) atoms. The Hall–Kier alpha value is -2.64. The normalized spacial score (nSPS) is 13.5. The number of carbonyl (C=O) groups excluding carboxylic acids is 1. The molecule has 7 heteroatoms. The van der Waals surface area contributed by atoms with E-state index in [4.69, 9.17) is 14.3 Å². The third-order valence-corrected chi connectivity index (χ3v) is 5.25. The zero-order valence-electron chi connectivity index (χ0n) is 14.7. The monoisotopic (exact) mass is 384 g/mol. The summed E-state index contributed by atoms with van der Waals surface area (Å²) < 4.78 is 11.0. The summed E-state index contributed by atoms with van der Waals surface area (Å²) >= 11 is 1.47. The van der Waals surface area contributed by atoms with E-state index in [1.165, 1.54) is 17.6 Å². The molecule has 4 rings (SSSR count). The van der Waals surface area contributed by atoms with E-state index in [0.717, 1.165) is 29.2 Å². The molecule has 3 aromatic rings. The minimum atomic E-state index is -0.0636. The number of nitrogens with zero attached hydrogens (tertiary/aromatic N) is 2. The summed E-state index contributed by atoms with van der Waals surface area (Å²) in [5.41, 5.74) is 1.71. The molecule has 140 valence electrons. The molecule has 0 bridgehead atoms.